The summed E-state index contributed by atoms with van der Waals surface area (Å²) in [4.78, 5) is 14.1. The summed E-state index contributed by atoms with van der Waals surface area (Å²) in [6, 6.07) is 3.65. The molecule has 2 aromatic heterocycles. The Morgan fingerprint density at radius 2 is 2.39 bits per heavy atom. The van der Waals surface area contributed by atoms with Gasteiger partial charge in [0, 0.05) is 30.9 Å². The van der Waals surface area contributed by atoms with Crippen molar-refractivity contribution in [2.24, 2.45) is 5.73 Å². The molecule has 94 valence electrons. The Hall–Kier alpha value is -1.95. The number of pyridine rings is 1. The predicted octanol–water partition coefficient (Wildman–Crippen LogP) is 0.293. The predicted molar refractivity (Wildman–Crippen MR) is 66.1 cm³/mol. The Kier molecular flexibility index (Phi) is 2.71. The molecule has 1 amide bonds. The summed E-state index contributed by atoms with van der Waals surface area (Å²) in [5.41, 5.74) is 7.22. The maximum atomic E-state index is 12.3. The van der Waals surface area contributed by atoms with E-state index in [1.165, 1.54) is 0 Å². The lowest BCUT2D eigenvalue weighted by Gasteiger charge is -2.30. The van der Waals surface area contributed by atoms with Crippen molar-refractivity contribution in [1.82, 2.24) is 19.5 Å². The third kappa shape index (κ3) is 1.95. The number of nitrogens with zero attached hydrogens (tertiary/aromatic N) is 4. The Morgan fingerprint density at radius 3 is 3.22 bits per heavy atom. The van der Waals surface area contributed by atoms with Crippen molar-refractivity contribution in [3.63, 3.8) is 0 Å². The van der Waals surface area contributed by atoms with Crippen LogP contribution in [0, 0.1) is 0 Å². The first-order chi connectivity index (χ1) is 8.74. The first-order valence-corrected chi connectivity index (χ1v) is 6.08. The number of hydrogen-bond acceptors (Lipinski definition) is 4. The van der Waals surface area contributed by atoms with Gasteiger partial charge in [-0.2, -0.15) is 0 Å². The van der Waals surface area contributed by atoms with Gasteiger partial charge in [0.1, 0.15) is 6.33 Å². The molecule has 0 aliphatic carbocycles. The first-order valence-electron chi connectivity index (χ1n) is 6.08. The van der Waals surface area contributed by atoms with Crippen LogP contribution in [0.1, 0.15) is 23.2 Å². The minimum atomic E-state index is 0.0238. The highest BCUT2D eigenvalue weighted by molar-refractivity contribution is 5.95. The van der Waals surface area contributed by atoms with Crippen LogP contribution in [0.25, 0.3) is 5.65 Å². The molecule has 6 nitrogen and oxygen atoms in total. The van der Waals surface area contributed by atoms with Crippen LogP contribution in [-0.4, -0.2) is 44.5 Å². The van der Waals surface area contributed by atoms with Crippen LogP contribution in [0.2, 0.25) is 0 Å². The van der Waals surface area contributed by atoms with Crippen molar-refractivity contribution < 1.29 is 4.79 Å². The van der Waals surface area contributed by atoms with Gasteiger partial charge in [-0.25, -0.2) is 0 Å². The number of rotatable bonds is 1. The highest BCUT2D eigenvalue weighted by atomic mass is 16.2. The van der Waals surface area contributed by atoms with E-state index in [0.717, 1.165) is 19.4 Å². The first kappa shape index (κ1) is 11.2. The van der Waals surface area contributed by atoms with Gasteiger partial charge in [0.15, 0.2) is 5.65 Å². The summed E-state index contributed by atoms with van der Waals surface area (Å²) in [5, 5.41) is 7.73. The molecule has 1 aliphatic rings. The lowest BCUT2D eigenvalue weighted by molar-refractivity contribution is 0.0709. The zero-order valence-electron chi connectivity index (χ0n) is 9.99. The molecule has 0 spiro atoms. The van der Waals surface area contributed by atoms with Crippen molar-refractivity contribution in [2.75, 3.05) is 13.1 Å². The van der Waals surface area contributed by atoms with Gasteiger partial charge in [-0.1, -0.05) is 0 Å². The summed E-state index contributed by atoms with van der Waals surface area (Å²) in [5.74, 6) is 0.0238. The molecule has 1 saturated heterocycles. The molecule has 0 radical (unpaired) electrons. The van der Waals surface area contributed by atoms with Crippen molar-refractivity contribution >= 4 is 11.6 Å². The van der Waals surface area contributed by atoms with E-state index >= 15 is 0 Å². The molecule has 18 heavy (non-hydrogen) atoms. The molecule has 6 heteroatoms. The topological polar surface area (TPSA) is 76.5 Å². The minimum absolute atomic E-state index is 0.0238. The van der Waals surface area contributed by atoms with E-state index in [1.54, 1.807) is 29.1 Å². The van der Waals surface area contributed by atoms with E-state index in [-0.39, 0.29) is 11.9 Å². The van der Waals surface area contributed by atoms with Crippen molar-refractivity contribution in [2.45, 2.75) is 18.9 Å². The number of hydrogen-bond donors (Lipinski definition) is 1. The van der Waals surface area contributed by atoms with Crippen LogP contribution < -0.4 is 5.73 Å². The molecular formula is C12H15N5O. The molecule has 3 rings (SSSR count). The largest absolute Gasteiger partial charge is 0.337 e. The fourth-order valence-corrected chi connectivity index (χ4v) is 2.33. The average Bonchev–Trinajstić information content (AvgIpc) is 2.85. The van der Waals surface area contributed by atoms with E-state index in [1.807, 2.05) is 4.90 Å². The smallest absolute Gasteiger partial charge is 0.254 e. The monoisotopic (exact) mass is 245 g/mol. The normalized spacial score (nSPS) is 20.3. The number of carbonyl (C=O) groups is 1. The second kappa shape index (κ2) is 4.38. The van der Waals surface area contributed by atoms with Crippen molar-refractivity contribution in [3.05, 3.63) is 30.2 Å². The summed E-state index contributed by atoms with van der Waals surface area (Å²) in [6.45, 7) is 1.42. The number of likely N-dealkylation sites (tertiary alicyclic amines) is 1. The SMILES string of the molecule is N[C@@H]1CCCN(C(=O)c2ccn3cnnc3c2)C1. The molecule has 2 N–H and O–H groups in total. The molecule has 0 bridgehead atoms. The number of aromatic nitrogens is 3. The minimum Gasteiger partial charge on any atom is -0.337 e. The maximum Gasteiger partial charge on any atom is 0.254 e. The van der Waals surface area contributed by atoms with E-state index in [9.17, 15) is 4.79 Å². The third-order valence-electron chi connectivity index (χ3n) is 3.29. The standard InChI is InChI=1S/C12H15N5O/c13-10-2-1-4-16(7-10)12(18)9-3-5-17-8-14-15-11(17)6-9/h3,5-6,8,10H,1-2,4,7,13H2/t10-/m1/s1. The number of amides is 1. The fourth-order valence-electron chi connectivity index (χ4n) is 2.33. The van der Waals surface area contributed by atoms with E-state index in [0.29, 0.717) is 17.8 Å². The number of piperidine rings is 1. The molecule has 1 fully saturated rings. The van der Waals surface area contributed by atoms with Gasteiger partial charge in [-0.3, -0.25) is 9.20 Å². The van der Waals surface area contributed by atoms with Gasteiger partial charge < -0.3 is 10.6 Å². The van der Waals surface area contributed by atoms with Crippen LogP contribution in [0.3, 0.4) is 0 Å². The second-order valence-corrected chi connectivity index (χ2v) is 4.67. The van der Waals surface area contributed by atoms with E-state index in [4.69, 9.17) is 5.73 Å². The number of fused-ring (bicyclic) bond motifs is 1. The molecule has 0 saturated carbocycles. The number of nitrogens with two attached hydrogens (primary N) is 1. The van der Waals surface area contributed by atoms with Gasteiger partial charge >= 0.3 is 0 Å². The molecule has 0 aromatic carbocycles. The van der Waals surface area contributed by atoms with E-state index < -0.39 is 0 Å². The van der Waals surface area contributed by atoms with Gasteiger partial charge in [-0.05, 0) is 25.0 Å². The molecule has 1 atom stereocenters. The molecule has 2 aromatic rings. The molecule has 1 aliphatic heterocycles. The van der Waals surface area contributed by atoms with Crippen LogP contribution in [0.4, 0.5) is 0 Å². The quantitative estimate of drug-likeness (QED) is 0.783. The van der Waals surface area contributed by atoms with Crippen LogP contribution >= 0.6 is 0 Å². The Morgan fingerprint density at radius 1 is 1.50 bits per heavy atom. The Labute approximate surface area is 104 Å². The lowest BCUT2D eigenvalue weighted by Crippen LogP contribution is -2.45. The second-order valence-electron chi connectivity index (χ2n) is 4.67. The van der Waals surface area contributed by atoms with Crippen molar-refractivity contribution in [3.8, 4) is 0 Å². The Balaban J connectivity index is 1.86. The summed E-state index contributed by atoms with van der Waals surface area (Å²) < 4.78 is 1.78. The van der Waals surface area contributed by atoms with Crippen LogP contribution in [0.5, 0.6) is 0 Å². The zero-order valence-corrected chi connectivity index (χ0v) is 9.99. The summed E-state index contributed by atoms with van der Waals surface area (Å²) >= 11 is 0. The van der Waals surface area contributed by atoms with E-state index in [2.05, 4.69) is 10.2 Å². The number of carbonyl (C=O) groups excluding carboxylic acids is 1. The molecular weight excluding hydrogens is 230 g/mol. The fraction of sp³-hybridized carbons (Fsp3) is 0.417. The lowest BCUT2D eigenvalue weighted by atomic mass is 10.1. The summed E-state index contributed by atoms with van der Waals surface area (Å²) in [6.07, 6.45) is 5.37. The average molecular weight is 245 g/mol. The highest BCUT2D eigenvalue weighted by Crippen LogP contribution is 2.13. The van der Waals surface area contributed by atoms with Gasteiger partial charge in [0.25, 0.3) is 5.91 Å². The van der Waals surface area contributed by atoms with Gasteiger partial charge in [0.2, 0.25) is 0 Å². The van der Waals surface area contributed by atoms with Gasteiger partial charge in [0.05, 0.1) is 0 Å². The Bertz CT molecular complexity index is 579. The van der Waals surface area contributed by atoms with Gasteiger partial charge in [-0.15, -0.1) is 10.2 Å². The zero-order chi connectivity index (χ0) is 12.5. The molecule has 0 unspecified atom stereocenters. The van der Waals surface area contributed by atoms with Crippen LogP contribution in [0.15, 0.2) is 24.7 Å². The summed E-state index contributed by atoms with van der Waals surface area (Å²) in [7, 11) is 0. The maximum absolute atomic E-state index is 12.3. The molecule has 3 heterocycles. The van der Waals surface area contributed by atoms with Crippen LogP contribution in [-0.2, 0) is 0 Å². The highest BCUT2D eigenvalue weighted by Gasteiger charge is 2.22. The van der Waals surface area contributed by atoms with Crippen molar-refractivity contribution in [1.29, 1.82) is 0 Å². The third-order valence-corrected chi connectivity index (χ3v) is 3.29.